The van der Waals surface area contributed by atoms with Crippen LogP contribution in [0.4, 0.5) is 15.0 Å². The number of benzene rings is 3. The number of carbonyl (C=O) groups is 5. The predicted molar refractivity (Wildman–Crippen MR) is 212 cm³/mol. The van der Waals surface area contributed by atoms with E-state index in [2.05, 4.69) is 31.5 Å². The van der Waals surface area contributed by atoms with Crippen LogP contribution in [-0.4, -0.2) is 71.1 Å². The summed E-state index contributed by atoms with van der Waals surface area (Å²) in [5.41, 5.74) is 6.53. The maximum Gasteiger partial charge on any atom is 0.407 e. The highest BCUT2D eigenvalue weighted by Crippen LogP contribution is 2.28. The number of rotatable bonds is 11. The van der Waals surface area contributed by atoms with Gasteiger partial charge in [-0.15, -0.1) is 10.0 Å². The number of aldehydes is 1. The quantitative estimate of drug-likeness (QED) is 0.0783. The molecule has 1 aliphatic heterocycles. The molecule has 0 bridgehead atoms. The molecule has 13 nitrogen and oxygen atoms in total. The normalized spacial score (nSPS) is 18.7. The van der Waals surface area contributed by atoms with Gasteiger partial charge in [0.05, 0.1) is 11.7 Å². The molecule has 2 aliphatic rings. The lowest BCUT2D eigenvalue weighted by molar-refractivity contribution is -0.124. The highest BCUT2D eigenvalue weighted by atomic mass is 19.2. The minimum Gasteiger partial charge on any atom is -0.444 e. The Labute approximate surface area is 326 Å². The lowest BCUT2D eigenvalue weighted by atomic mass is 9.83. The molecule has 6 rings (SSSR count). The van der Waals surface area contributed by atoms with Gasteiger partial charge in [-0.3, -0.25) is 19.5 Å². The molecule has 2 atom stereocenters. The summed E-state index contributed by atoms with van der Waals surface area (Å²) >= 11 is 0. The SMILES string of the molecule is CC(C)(C)OC(=O)NCC1CCC(C=O)CC1.Cc1cc(C(=O)NC2CCCNC2=O)ccc1-c1ccc(C[C@H](NF)C(=O)Nc2ccc3cn[nH]c3c2)cc1. The van der Waals surface area contributed by atoms with Crippen molar-refractivity contribution in [2.45, 2.75) is 90.3 Å². The van der Waals surface area contributed by atoms with Crippen LogP contribution in [0.1, 0.15) is 80.8 Å². The first-order valence-corrected chi connectivity index (χ1v) is 19.1. The topological polar surface area (TPSA) is 183 Å². The van der Waals surface area contributed by atoms with Crippen LogP contribution < -0.4 is 26.8 Å². The van der Waals surface area contributed by atoms with Crippen LogP contribution >= 0.6 is 0 Å². The average Bonchev–Trinajstić information content (AvgIpc) is 3.65. The molecule has 0 radical (unpaired) electrons. The number of nitrogens with zero attached hydrogens (tertiary/aromatic N) is 1. The second-order valence-electron chi connectivity index (χ2n) is 15.5. The van der Waals surface area contributed by atoms with E-state index in [1.807, 2.05) is 64.1 Å². The monoisotopic (exact) mass is 769 g/mol. The Hall–Kier alpha value is -5.63. The highest BCUT2D eigenvalue weighted by molar-refractivity contribution is 5.98. The molecule has 2 heterocycles. The summed E-state index contributed by atoms with van der Waals surface area (Å²) in [6.07, 6.45) is 7.92. The Kier molecular flexibility index (Phi) is 14.3. The summed E-state index contributed by atoms with van der Waals surface area (Å²) < 4.78 is 18.8. The molecule has 1 unspecified atom stereocenters. The summed E-state index contributed by atoms with van der Waals surface area (Å²) in [7, 11) is 0. The second-order valence-corrected chi connectivity index (χ2v) is 15.5. The number of anilines is 1. The van der Waals surface area contributed by atoms with Crippen LogP contribution in [0.3, 0.4) is 0 Å². The summed E-state index contributed by atoms with van der Waals surface area (Å²) in [6.45, 7) is 8.76. The molecule has 1 aromatic heterocycles. The molecular weight excluding hydrogens is 718 g/mol. The fourth-order valence-electron chi connectivity index (χ4n) is 6.83. The minimum atomic E-state index is -1.07. The minimum absolute atomic E-state index is 0.152. The van der Waals surface area contributed by atoms with Crippen LogP contribution in [0.5, 0.6) is 0 Å². The van der Waals surface area contributed by atoms with E-state index >= 15 is 0 Å². The van der Waals surface area contributed by atoms with E-state index in [0.717, 1.165) is 71.5 Å². The molecule has 4 amide bonds. The van der Waals surface area contributed by atoms with Gasteiger partial charge in [0, 0.05) is 35.6 Å². The number of carbonyl (C=O) groups excluding carboxylic acids is 5. The molecule has 2 fully saturated rings. The van der Waals surface area contributed by atoms with E-state index in [9.17, 15) is 28.5 Å². The number of nitrogens with one attached hydrogen (secondary N) is 6. The number of amides is 4. The van der Waals surface area contributed by atoms with Gasteiger partial charge in [0.1, 0.15) is 24.0 Å². The number of ether oxygens (including phenoxy) is 1. The van der Waals surface area contributed by atoms with Crippen LogP contribution in [0, 0.1) is 18.8 Å². The Morgan fingerprint density at radius 2 is 1.75 bits per heavy atom. The Bertz CT molecular complexity index is 1990. The van der Waals surface area contributed by atoms with Gasteiger partial charge in [0.15, 0.2) is 0 Å². The highest BCUT2D eigenvalue weighted by Gasteiger charge is 2.25. The average molecular weight is 770 g/mol. The van der Waals surface area contributed by atoms with Crippen LogP contribution in [0.2, 0.25) is 0 Å². The lowest BCUT2D eigenvalue weighted by Gasteiger charge is -2.26. The predicted octanol–water partition coefficient (Wildman–Crippen LogP) is 6.09. The van der Waals surface area contributed by atoms with Gasteiger partial charge < -0.3 is 30.8 Å². The summed E-state index contributed by atoms with van der Waals surface area (Å²) in [6, 6.07) is 16.6. The van der Waals surface area contributed by atoms with Crippen molar-refractivity contribution in [3.8, 4) is 11.1 Å². The zero-order valence-electron chi connectivity index (χ0n) is 32.4. The van der Waals surface area contributed by atoms with Gasteiger partial charge in [0.25, 0.3) is 5.91 Å². The molecular formula is C42H52FN7O6. The van der Waals surface area contributed by atoms with Crippen LogP contribution in [0.25, 0.3) is 22.0 Å². The molecule has 4 aromatic rings. The maximum atomic E-state index is 13.6. The van der Waals surface area contributed by atoms with Crippen molar-refractivity contribution in [2.24, 2.45) is 11.8 Å². The van der Waals surface area contributed by atoms with Gasteiger partial charge in [-0.2, -0.15) is 5.10 Å². The molecule has 6 N–H and O–H groups in total. The number of alkyl carbamates (subject to hydrolysis) is 1. The van der Waals surface area contributed by atoms with Crippen LogP contribution in [0.15, 0.2) is 66.9 Å². The number of hydrogen-bond acceptors (Lipinski definition) is 8. The molecule has 1 saturated carbocycles. The van der Waals surface area contributed by atoms with Crippen molar-refractivity contribution >= 4 is 46.7 Å². The van der Waals surface area contributed by atoms with Gasteiger partial charge in [0.2, 0.25) is 11.8 Å². The smallest absolute Gasteiger partial charge is 0.407 e. The van der Waals surface area contributed by atoms with Crippen molar-refractivity contribution in [3.05, 3.63) is 83.6 Å². The zero-order valence-corrected chi connectivity index (χ0v) is 32.4. The third kappa shape index (κ3) is 11.9. The summed E-state index contributed by atoms with van der Waals surface area (Å²) in [5, 5.41) is 18.8. The fourth-order valence-corrected chi connectivity index (χ4v) is 6.83. The fraction of sp³-hybridized carbons (Fsp3) is 0.429. The third-order valence-corrected chi connectivity index (χ3v) is 9.96. The molecule has 1 saturated heterocycles. The number of hydrogen-bond donors (Lipinski definition) is 6. The number of aryl methyl sites for hydroxylation is 1. The molecule has 3 aromatic carbocycles. The number of H-pyrrole nitrogens is 1. The molecule has 14 heteroatoms. The van der Waals surface area contributed by atoms with Gasteiger partial charge >= 0.3 is 6.09 Å². The van der Waals surface area contributed by atoms with Crippen molar-refractivity contribution in [3.63, 3.8) is 0 Å². The van der Waals surface area contributed by atoms with Crippen molar-refractivity contribution in [2.75, 3.05) is 18.4 Å². The Morgan fingerprint density at radius 1 is 1.00 bits per heavy atom. The second kappa shape index (κ2) is 19.3. The molecule has 298 valence electrons. The van der Waals surface area contributed by atoms with E-state index in [1.54, 1.807) is 36.0 Å². The number of piperidine rings is 1. The molecule has 0 spiro atoms. The first-order valence-electron chi connectivity index (χ1n) is 19.1. The molecule has 1 aliphatic carbocycles. The van der Waals surface area contributed by atoms with E-state index in [1.165, 1.54) is 0 Å². The van der Waals surface area contributed by atoms with Gasteiger partial charge in [-0.25, -0.2) is 4.79 Å². The largest absolute Gasteiger partial charge is 0.444 e. The van der Waals surface area contributed by atoms with E-state index < -0.39 is 23.6 Å². The summed E-state index contributed by atoms with van der Waals surface area (Å²) in [4.78, 5) is 59.4. The number of aromatic nitrogens is 2. The Morgan fingerprint density at radius 3 is 2.41 bits per heavy atom. The number of fused-ring (bicyclic) bond motifs is 1. The van der Waals surface area contributed by atoms with Gasteiger partial charge in [-0.05, 0) is 131 Å². The number of halogens is 1. The van der Waals surface area contributed by atoms with E-state index in [0.29, 0.717) is 36.7 Å². The first kappa shape index (κ1) is 41.5. The van der Waals surface area contributed by atoms with E-state index in [-0.39, 0.29) is 30.2 Å². The van der Waals surface area contributed by atoms with Gasteiger partial charge in [-0.1, -0.05) is 30.3 Å². The third-order valence-electron chi connectivity index (χ3n) is 9.96. The molecule has 56 heavy (non-hydrogen) atoms. The van der Waals surface area contributed by atoms with Crippen molar-refractivity contribution < 1.29 is 33.2 Å². The van der Waals surface area contributed by atoms with Crippen molar-refractivity contribution in [1.29, 1.82) is 0 Å². The number of aromatic amines is 1. The standard InChI is InChI=1S/C29H29FN6O3.C13H23NO3/c1-17-13-20(27(37)34-24-3-2-12-31-28(24)38)9-11-23(17)19-6-4-18(5-7-19)14-26(35-30)29(39)33-22-10-8-21-16-32-36-25(21)15-22;1-13(2,3)17-12(16)14-8-10-4-6-11(9-15)7-5-10/h4-11,13,15-16,24,26,35H,2-3,12,14H2,1H3,(H,31,38)(H,32,36)(H,33,39)(H,34,37);9-11H,4-8H2,1-3H3,(H,14,16)/t24?,26-;/m0./s1. The van der Waals surface area contributed by atoms with Crippen molar-refractivity contribution in [1.82, 2.24) is 31.7 Å². The maximum absolute atomic E-state index is 13.6. The lowest BCUT2D eigenvalue weighted by Crippen LogP contribution is -2.50. The zero-order chi connectivity index (χ0) is 40.2. The van der Waals surface area contributed by atoms with Crippen LogP contribution in [-0.2, 0) is 25.5 Å². The van der Waals surface area contributed by atoms with E-state index in [4.69, 9.17) is 4.74 Å². The Balaban J connectivity index is 0.000000297. The first-order chi connectivity index (χ1) is 26.8. The summed E-state index contributed by atoms with van der Waals surface area (Å²) in [5.74, 6) is -0.210.